The monoisotopic (exact) mass is 500 g/mol. The number of rotatable bonds is 11. The molecular formula is C29H29FN4O3. The van der Waals surface area contributed by atoms with E-state index in [4.69, 9.17) is 14.9 Å². The summed E-state index contributed by atoms with van der Waals surface area (Å²) in [6.45, 7) is -0.455. The minimum atomic E-state index is -0.788. The number of carbonyl (C=O) groups is 1. The van der Waals surface area contributed by atoms with Crippen molar-refractivity contribution < 1.29 is 18.3 Å². The molecule has 0 spiro atoms. The molecule has 1 aromatic heterocycles. The Kier molecular flexibility index (Phi) is 8.65. The van der Waals surface area contributed by atoms with E-state index < -0.39 is 12.7 Å². The van der Waals surface area contributed by atoms with Gasteiger partial charge in [-0.2, -0.15) is 0 Å². The van der Waals surface area contributed by atoms with Crippen molar-refractivity contribution in [2.45, 2.75) is 18.9 Å². The second kappa shape index (κ2) is 12.5. The number of halogens is 1. The third-order valence-electron chi connectivity index (χ3n) is 5.82. The Hall–Kier alpha value is -4.46. The minimum Gasteiger partial charge on any atom is -0.497 e. The van der Waals surface area contributed by atoms with Gasteiger partial charge in [0.25, 0.3) is 5.91 Å². The number of amides is 1. The molecule has 0 aliphatic heterocycles. The number of oxazole rings is 1. The second-order valence-corrected chi connectivity index (χ2v) is 8.42. The Bertz CT molecular complexity index is 1350. The lowest BCUT2D eigenvalue weighted by molar-refractivity contribution is 0.0927. The van der Waals surface area contributed by atoms with Gasteiger partial charge in [-0.15, -0.1) is 0 Å². The average molecular weight is 501 g/mol. The van der Waals surface area contributed by atoms with Crippen molar-refractivity contribution >= 4 is 11.7 Å². The van der Waals surface area contributed by atoms with Gasteiger partial charge >= 0.3 is 0 Å². The van der Waals surface area contributed by atoms with E-state index in [-0.39, 0.29) is 11.7 Å². The van der Waals surface area contributed by atoms with Crippen molar-refractivity contribution in [3.8, 4) is 28.2 Å². The second-order valence-electron chi connectivity index (χ2n) is 8.42. The molecule has 1 heterocycles. The van der Waals surface area contributed by atoms with Crippen LogP contribution in [0.15, 0.2) is 94.5 Å². The Balaban J connectivity index is 1.54. The van der Waals surface area contributed by atoms with Gasteiger partial charge in [0.2, 0.25) is 5.89 Å². The van der Waals surface area contributed by atoms with E-state index in [1.165, 1.54) is 0 Å². The quantitative estimate of drug-likeness (QED) is 0.159. The van der Waals surface area contributed by atoms with Crippen LogP contribution in [0.5, 0.6) is 5.75 Å². The summed E-state index contributed by atoms with van der Waals surface area (Å²) < 4.78 is 24.0. The Labute approximate surface area is 215 Å². The highest BCUT2D eigenvalue weighted by atomic mass is 19.1. The fourth-order valence-corrected chi connectivity index (χ4v) is 3.89. The lowest BCUT2D eigenvalue weighted by atomic mass is 10.0. The molecule has 3 N–H and O–H groups in total. The van der Waals surface area contributed by atoms with Crippen molar-refractivity contribution in [1.82, 2.24) is 10.3 Å². The van der Waals surface area contributed by atoms with E-state index in [9.17, 15) is 9.18 Å². The zero-order chi connectivity index (χ0) is 26.0. The summed E-state index contributed by atoms with van der Waals surface area (Å²) >= 11 is 0. The van der Waals surface area contributed by atoms with Gasteiger partial charge in [-0.25, -0.2) is 9.37 Å². The highest BCUT2D eigenvalue weighted by molar-refractivity contribution is 5.95. The molecule has 0 bridgehead atoms. The van der Waals surface area contributed by atoms with Crippen LogP contribution < -0.4 is 15.8 Å². The van der Waals surface area contributed by atoms with E-state index >= 15 is 0 Å². The van der Waals surface area contributed by atoms with Gasteiger partial charge in [0.15, 0.2) is 5.76 Å². The van der Waals surface area contributed by atoms with E-state index in [0.29, 0.717) is 36.6 Å². The van der Waals surface area contributed by atoms with E-state index in [1.54, 1.807) is 19.4 Å². The summed E-state index contributed by atoms with van der Waals surface area (Å²) in [4.78, 5) is 21.7. The standard InChI is InChI=1S/C29H29FN4O3/c1-36-24-13-6-11-22(17-24)21-10-5-12-23(16-21)28(35)34-25(14-7-15-32-27(31)18-30)29-33-19-26(37-29)20-8-3-2-4-9-20/h2-6,8-13,16-17,19,25H,7,14-15,18H2,1H3,(H2,31,32)(H,34,35)/t25-/m0/s1. The molecule has 0 unspecified atom stereocenters. The van der Waals surface area contributed by atoms with Crippen LogP contribution in [0.2, 0.25) is 0 Å². The molecule has 3 aromatic carbocycles. The van der Waals surface area contributed by atoms with Gasteiger partial charge in [0, 0.05) is 17.7 Å². The molecule has 0 radical (unpaired) electrons. The molecule has 4 aromatic rings. The first kappa shape index (κ1) is 25.6. The number of carbonyl (C=O) groups excluding carboxylic acids is 1. The van der Waals surface area contributed by atoms with Crippen LogP contribution in [-0.4, -0.2) is 37.1 Å². The smallest absolute Gasteiger partial charge is 0.251 e. The van der Waals surface area contributed by atoms with Crippen molar-refractivity contribution in [2.24, 2.45) is 10.7 Å². The van der Waals surface area contributed by atoms with Gasteiger partial charge in [-0.3, -0.25) is 9.79 Å². The van der Waals surface area contributed by atoms with Crippen molar-refractivity contribution in [1.29, 1.82) is 0 Å². The molecule has 37 heavy (non-hydrogen) atoms. The number of nitrogens with one attached hydrogen (secondary N) is 1. The molecule has 0 aliphatic rings. The number of ether oxygens (including phenoxy) is 1. The summed E-state index contributed by atoms with van der Waals surface area (Å²) in [7, 11) is 1.62. The molecule has 0 aliphatic carbocycles. The van der Waals surface area contributed by atoms with Crippen LogP contribution in [0.4, 0.5) is 4.39 Å². The molecule has 8 heteroatoms. The zero-order valence-electron chi connectivity index (χ0n) is 20.6. The van der Waals surface area contributed by atoms with Gasteiger partial charge in [0.1, 0.15) is 24.3 Å². The number of hydrogen-bond donors (Lipinski definition) is 2. The molecule has 4 rings (SSSR count). The van der Waals surface area contributed by atoms with Gasteiger partial charge in [-0.1, -0.05) is 54.6 Å². The molecule has 7 nitrogen and oxygen atoms in total. The number of methoxy groups -OCH3 is 1. The number of nitrogens with zero attached hydrogens (tertiary/aromatic N) is 2. The van der Waals surface area contributed by atoms with E-state index in [0.717, 1.165) is 22.4 Å². The first-order chi connectivity index (χ1) is 18.1. The normalized spacial score (nSPS) is 12.2. The first-order valence-electron chi connectivity index (χ1n) is 12.0. The number of hydrogen-bond acceptors (Lipinski definition) is 5. The minimum absolute atomic E-state index is 0.0440. The fraction of sp³-hybridized carbons (Fsp3) is 0.207. The Morgan fingerprint density at radius 1 is 1.05 bits per heavy atom. The predicted octanol–water partition coefficient (Wildman–Crippen LogP) is 5.60. The zero-order valence-corrected chi connectivity index (χ0v) is 20.6. The molecule has 1 atom stereocenters. The lowest BCUT2D eigenvalue weighted by Gasteiger charge is -2.16. The highest BCUT2D eigenvalue weighted by Crippen LogP contribution is 2.27. The number of amidine groups is 1. The summed E-state index contributed by atoms with van der Waals surface area (Å²) in [6, 6.07) is 24.1. The van der Waals surface area contributed by atoms with Crippen LogP contribution in [-0.2, 0) is 0 Å². The van der Waals surface area contributed by atoms with Crippen LogP contribution in [0.25, 0.3) is 22.5 Å². The number of aromatic nitrogens is 1. The maximum absolute atomic E-state index is 13.3. The lowest BCUT2D eigenvalue weighted by Crippen LogP contribution is -2.29. The van der Waals surface area contributed by atoms with Crippen LogP contribution in [0.1, 0.15) is 35.1 Å². The molecule has 1 amide bonds. The summed E-state index contributed by atoms with van der Waals surface area (Å²) in [5, 5.41) is 3.04. The molecular weight excluding hydrogens is 471 g/mol. The van der Waals surface area contributed by atoms with Crippen LogP contribution >= 0.6 is 0 Å². The van der Waals surface area contributed by atoms with Gasteiger partial charge in [-0.05, 0) is 48.2 Å². The van der Waals surface area contributed by atoms with Crippen molar-refractivity contribution in [3.05, 3.63) is 96.5 Å². The average Bonchev–Trinajstić information content (AvgIpc) is 3.45. The molecule has 0 saturated carbocycles. The third-order valence-corrected chi connectivity index (χ3v) is 5.82. The molecule has 0 saturated heterocycles. The maximum Gasteiger partial charge on any atom is 0.251 e. The summed E-state index contributed by atoms with van der Waals surface area (Å²) in [5.74, 6) is 1.42. The Morgan fingerprint density at radius 3 is 2.54 bits per heavy atom. The SMILES string of the molecule is COc1cccc(-c2cccc(C(=O)N[C@@H](CCCN=C(N)CF)c3ncc(-c4ccccc4)o3)c2)c1. The van der Waals surface area contributed by atoms with Gasteiger partial charge < -0.3 is 20.2 Å². The predicted molar refractivity (Wildman–Crippen MR) is 142 cm³/mol. The maximum atomic E-state index is 13.3. The van der Waals surface area contributed by atoms with E-state index in [2.05, 4.69) is 15.3 Å². The van der Waals surface area contributed by atoms with Crippen LogP contribution in [0, 0.1) is 0 Å². The number of alkyl halides is 1. The number of aliphatic imine (C=N–C) groups is 1. The Morgan fingerprint density at radius 2 is 1.78 bits per heavy atom. The topological polar surface area (TPSA) is 103 Å². The largest absolute Gasteiger partial charge is 0.497 e. The molecule has 190 valence electrons. The number of nitrogens with two attached hydrogens (primary N) is 1. The van der Waals surface area contributed by atoms with Crippen molar-refractivity contribution in [2.75, 3.05) is 20.3 Å². The van der Waals surface area contributed by atoms with Crippen LogP contribution in [0.3, 0.4) is 0 Å². The summed E-state index contributed by atoms with van der Waals surface area (Å²) in [6.07, 6.45) is 2.68. The van der Waals surface area contributed by atoms with Crippen molar-refractivity contribution in [3.63, 3.8) is 0 Å². The fourth-order valence-electron chi connectivity index (χ4n) is 3.89. The third kappa shape index (κ3) is 6.82. The number of benzene rings is 3. The highest BCUT2D eigenvalue weighted by Gasteiger charge is 2.21. The van der Waals surface area contributed by atoms with Gasteiger partial charge in [0.05, 0.1) is 13.3 Å². The summed E-state index contributed by atoms with van der Waals surface area (Å²) in [5.41, 5.74) is 8.69. The first-order valence-corrected chi connectivity index (χ1v) is 12.0. The van der Waals surface area contributed by atoms with E-state index in [1.807, 2.05) is 72.8 Å². The molecule has 0 fully saturated rings.